The molecule has 0 saturated heterocycles. The van der Waals surface area contributed by atoms with Crippen LogP contribution in [0.15, 0.2) is 30.5 Å². The summed E-state index contributed by atoms with van der Waals surface area (Å²) in [6.07, 6.45) is 1.55. The third-order valence-electron chi connectivity index (χ3n) is 3.71. The first-order chi connectivity index (χ1) is 9.41. The number of pyridine rings is 1. The van der Waals surface area contributed by atoms with Gasteiger partial charge in [-0.05, 0) is 55.7 Å². The van der Waals surface area contributed by atoms with Gasteiger partial charge in [0.1, 0.15) is 5.82 Å². The Balaban J connectivity index is 2.36. The summed E-state index contributed by atoms with van der Waals surface area (Å²) in [5.74, 6) is 0.518. The number of carbonyl (C=O) groups is 1. The van der Waals surface area contributed by atoms with Crippen molar-refractivity contribution in [2.75, 3.05) is 17.7 Å². The molecule has 0 fully saturated rings. The summed E-state index contributed by atoms with van der Waals surface area (Å²) >= 11 is 0. The Bertz CT molecular complexity index is 648. The zero-order valence-electron chi connectivity index (χ0n) is 12.3. The molecule has 1 amide bonds. The molecule has 0 radical (unpaired) electrons. The van der Waals surface area contributed by atoms with Crippen molar-refractivity contribution in [3.8, 4) is 0 Å². The largest absolute Gasteiger partial charge is 0.397 e. The highest BCUT2D eigenvalue weighted by atomic mass is 16.2. The number of aryl methyl sites for hydroxylation is 1. The maximum absolute atomic E-state index is 12.6. The first-order valence-electron chi connectivity index (χ1n) is 6.48. The minimum atomic E-state index is -0.0668. The van der Waals surface area contributed by atoms with E-state index in [1.165, 1.54) is 10.5 Å². The third kappa shape index (κ3) is 2.50. The normalized spacial score (nSPS) is 10.4. The van der Waals surface area contributed by atoms with E-state index in [0.29, 0.717) is 17.1 Å². The van der Waals surface area contributed by atoms with E-state index in [4.69, 9.17) is 5.73 Å². The maximum atomic E-state index is 12.6. The number of amides is 1. The van der Waals surface area contributed by atoms with Crippen LogP contribution in [0.2, 0.25) is 0 Å². The molecule has 4 heteroatoms. The van der Waals surface area contributed by atoms with Gasteiger partial charge in [-0.1, -0.05) is 6.07 Å². The lowest BCUT2D eigenvalue weighted by molar-refractivity contribution is 0.0991. The van der Waals surface area contributed by atoms with Crippen molar-refractivity contribution < 1.29 is 4.79 Å². The molecule has 1 aromatic heterocycles. The summed E-state index contributed by atoms with van der Waals surface area (Å²) < 4.78 is 0. The first kappa shape index (κ1) is 14.1. The van der Waals surface area contributed by atoms with Crippen LogP contribution < -0.4 is 10.6 Å². The monoisotopic (exact) mass is 269 g/mol. The van der Waals surface area contributed by atoms with E-state index in [1.807, 2.05) is 32.9 Å². The van der Waals surface area contributed by atoms with E-state index in [-0.39, 0.29) is 5.91 Å². The van der Waals surface area contributed by atoms with E-state index in [9.17, 15) is 4.79 Å². The predicted octanol–water partition coefficient (Wildman–Crippen LogP) is 2.87. The molecule has 0 atom stereocenters. The number of anilines is 2. The highest BCUT2D eigenvalue weighted by Gasteiger charge is 2.17. The fraction of sp³-hybridized carbons (Fsp3) is 0.250. The lowest BCUT2D eigenvalue weighted by Gasteiger charge is -2.19. The van der Waals surface area contributed by atoms with Crippen LogP contribution in [0.3, 0.4) is 0 Å². The fourth-order valence-corrected chi connectivity index (χ4v) is 2.07. The van der Waals surface area contributed by atoms with Gasteiger partial charge in [-0.3, -0.25) is 9.69 Å². The van der Waals surface area contributed by atoms with Gasteiger partial charge in [0.2, 0.25) is 0 Å². The van der Waals surface area contributed by atoms with Crippen molar-refractivity contribution in [1.82, 2.24) is 4.98 Å². The summed E-state index contributed by atoms with van der Waals surface area (Å²) in [7, 11) is 1.72. The Morgan fingerprint density at radius 1 is 1.10 bits per heavy atom. The van der Waals surface area contributed by atoms with Crippen LogP contribution >= 0.6 is 0 Å². The second-order valence-electron chi connectivity index (χ2n) is 4.99. The summed E-state index contributed by atoms with van der Waals surface area (Å²) in [6, 6.07) is 7.32. The van der Waals surface area contributed by atoms with Crippen LogP contribution in [0.1, 0.15) is 27.0 Å². The van der Waals surface area contributed by atoms with Gasteiger partial charge in [0, 0.05) is 12.6 Å². The lowest BCUT2D eigenvalue weighted by atomic mass is 9.98. The number of hydrogen-bond donors (Lipinski definition) is 1. The zero-order chi connectivity index (χ0) is 14.9. The summed E-state index contributed by atoms with van der Waals surface area (Å²) in [5, 5.41) is 0. The van der Waals surface area contributed by atoms with E-state index >= 15 is 0 Å². The van der Waals surface area contributed by atoms with E-state index in [1.54, 1.807) is 25.4 Å². The molecule has 104 valence electrons. The van der Waals surface area contributed by atoms with Gasteiger partial charge >= 0.3 is 0 Å². The van der Waals surface area contributed by atoms with Gasteiger partial charge in [0.25, 0.3) is 5.91 Å². The molecule has 0 spiro atoms. The fourth-order valence-electron chi connectivity index (χ4n) is 2.07. The number of hydrogen-bond acceptors (Lipinski definition) is 3. The van der Waals surface area contributed by atoms with Gasteiger partial charge in [-0.15, -0.1) is 0 Å². The van der Waals surface area contributed by atoms with Crippen molar-refractivity contribution in [2.24, 2.45) is 0 Å². The predicted molar refractivity (Wildman–Crippen MR) is 82.0 cm³/mol. The molecule has 2 N–H and O–H groups in total. The summed E-state index contributed by atoms with van der Waals surface area (Å²) in [4.78, 5) is 18.3. The van der Waals surface area contributed by atoms with Crippen LogP contribution in [-0.2, 0) is 0 Å². The van der Waals surface area contributed by atoms with Gasteiger partial charge in [-0.2, -0.15) is 0 Å². The minimum Gasteiger partial charge on any atom is -0.397 e. The number of nitrogen functional groups attached to an aromatic ring is 1. The molecule has 0 saturated carbocycles. The van der Waals surface area contributed by atoms with E-state index < -0.39 is 0 Å². The minimum absolute atomic E-state index is 0.0668. The summed E-state index contributed by atoms with van der Waals surface area (Å²) in [5.41, 5.74) is 10.2. The lowest BCUT2D eigenvalue weighted by Crippen LogP contribution is -2.28. The third-order valence-corrected chi connectivity index (χ3v) is 3.71. The zero-order valence-corrected chi connectivity index (χ0v) is 12.3. The molecular weight excluding hydrogens is 250 g/mol. The van der Waals surface area contributed by atoms with Crippen molar-refractivity contribution in [3.63, 3.8) is 0 Å². The average molecular weight is 269 g/mol. The smallest absolute Gasteiger partial charge is 0.259 e. The second-order valence-corrected chi connectivity index (χ2v) is 4.99. The molecule has 20 heavy (non-hydrogen) atoms. The Hall–Kier alpha value is -2.36. The quantitative estimate of drug-likeness (QED) is 0.912. The highest BCUT2D eigenvalue weighted by molar-refractivity contribution is 6.06. The molecule has 1 aromatic carbocycles. The summed E-state index contributed by atoms with van der Waals surface area (Å²) in [6.45, 7) is 6.05. The van der Waals surface area contributed by atoms with Gasteiger partial charge in [-0.25, -0.2) is 4.98 Å². The van der Waals surface area contributed by atoms with Crippen LogP contribution in [0.4, 0.5) is 11.5 Å². The molecule has 0 unspecified atom stereocenters. The molecule has 1 heterocycles. The van der Waals surface area contributed by atoms with Crippen molar-refractivity contribution in [2.45, 2.75) is 20.8 Å². The van der Waals surface area contributed by atoms with Crippen LogP contribution in [0.25, 0.3) is 0 Å². The van der Waals surface area contributed by atoms with Gasteiger partial charge in [0.05, 0.1) is 11.9 Å². The second kappa shape index (κ2) is 5.33. The van der Waals surface area contributed by atoms with E-state index in [0.717, 1.165) is 11.1 Å². The van der Waals surface area contributed by atoms with Crippen LogP contribution in [-0.4, -0.2) is 17.9 Å². The van der Waals surface area contributed by atoms with Crippen LogP contribution in [0, 0.1) is 20.8 Å². The highest BCUT2D eigenvalue weighted by Crippen LogP contribution is 2.20. The Labute approximate surface area is 119 Å². The molecule has 4 nitrogen and oxygen atoms in total. The Morgan fingerprint density at radius 2 is 1.80 bits per heavy atom. The van der Waals surface area contributed by atoms with Gasteiger partial charge < -0.3 is 5.73 Å². The molecular formula is C16H19N3O. The van der Waals surface area contributed by atoms with Crippen molar-refractivity contribution in [1.29, 1.82) is 0 Å². The number of carbonyl (C=O) groups excluding carboxylic acids is 1. The van der Waals surface area contributed by atoms with Crippen molar-refractivity contribution in [3.05, 3.63) is 52.7 Å². The SMILES string of the molecule is Cc1ccc(C(=O)N(C)c2ccc(N)cn2)c(C)c1C. The van der Waals surface area contributed by atoms with Gasteiger partial charge in [0.15, 0.2) is 0 Å². The number of nitrogens with two attached hydrogens (primary N) is 1. The molecule has 0 aliphatic carbocycles. The van der Waals surface area contributed by atoms with Crippen LogP contribution in [0.5, 0.6) is 0 Å². The topological polar surface area (TPSA) is 59.2 Å². The van der Waals surface area contributed by atoms with E-state index in [2.05, 4.69) is 4.98 Å². The molecule has 2 aromatic rings. The number of aromatic nitrogens is 1. The number of nitrogens with zero attached hydrogens (tertiary/aromatic N) is 2. The van der Waals surface area contributed by atoms with Crippen molar-refractivity contribution >= 4 is 17.4 Å². The molecule has 0 aliphatic heterocycles. The average Bonchev–Trinajstić information content (AvgIpc) is 2.44. The Kier molecular flexibility index (Phi) is 3.74. The standard InChI is InChI=1S/C16H19N3O/c1-10-5-7-14(12(3)11(10)2)16(20)19(4)15-8-6-13(17)9-18-15/h5-9H,17H2,1-4H3. The first-order valence-corrected chi connectivity index (χ1v) is 6.48. The Morgan fingerprint density at radius 3 is 2.40 bits per heavy atom. The molecule has 0 bridgehead atoms. The number of benzene rings is 1. The molecule has 0 aliphatic rings. The molecule has 2 rings (SSSR count). The maximum Gasteiger partial charge on any atom is 0.259 e. The number of rotatable bonds is 2.